The molecule has 0 saturated carbocycles. The van der Waals surface area contributed by atoms with Crippen molar-refractivity contribution in [2.24, 2.45) is 5.41 Å². The maximum atomic E-state index is 14.0. The van der Waals surface area contributed by atoms with Gasteiger partial charge in [-0.15, -0.1) is 16.4 Å². The molecule has 2 aliphatic rings. The third kappa shape index (κ3) is 11.9. The Morgan fingerprint density at radius 3 is 2.23 bits per heavy atom. The van der Waals surface area contributed by atoms with Gasteiger partial charge in [0.1, 0.15) is 6.04 Å². The van der Waals surface area contributed by atoms with Crippen molar-refractivity contribution in [2.75, 3.05) is 62.4 Å². The zero-order valence-electron chi connectivity index (χ0n) is 40.6. The van der Waals surface area contributed by atoms with Gasteiger partial charge in [0.05, 0.1) is 46.3 Å². The Morgan fingerprint density at radius 2 is 1.56 bits per heavy atom. The highest BCUT2D eigenvalue weighted by molar-refractivity contribution is 7.90. The maximum absolute atomic E-state index is 14.0. The lowest BCUT2D eigenvalue weighted by atomic mass is 9.85. The number of aliphatic hydroxyl groups is 1. The predicted molar refractivity (Wildman–Crippen MR) is 272 cm³/mol. The van der Waals surface area contributed by atoms with Gasteiger partial charge in [-0.25, -0.2) is 17.9 Å². The van der Waals surface area contributed by atoms with Crippen LogP contribution in [0, 0.1) is 12.3 Å². The van der Waals surface area contributed by atoms with E-state index in [9.17, 15) is 32.7 Å². The number of fused-ring (bicyclic) bond motifs is 1. The number of nitrogens with zero attached hydrogens (tertiary/aromatic N) is 7. The molecular formula is C51H60N10O8S2. The summed E-state index contributed by atoms with van der Waals surface area (Å²) in [4.78, 5) is 69.3. The smallest absolute Gasteiger partial charge is 0.273 e. The zero-order valence-corrected chi connectivity index (χ0v) is 42.2. The SMILES string of the molecule is Cc1ncsc1-c1ccc(CNC(=O)C2(O)CCCN2C(=O)C(NC(=O)CCOCCC(=O)N2CCN(c3ccc(Nc4nc5cccc(-c6ccc(S(C)(=O)=O)cc6)n5n4)cc3)CC2)C(C)(C)C)cc1. The lowest BCUT2D eigenvalue weighted by Gasteiger charge is -2.38. The molecule has 2 saturated heterocycles. The summed E-state index contributed by atoms with van der Waals surface area (Å²) >= 11 is 1.56. The van der Waals surface area contributed by atoms with Gasteiger partial charge in [0.15, 0.2) is 15.5 Å². The number of piperazine rings is 1. The number of hydrogen-bond acceptors (Lipinski definition) is 14. The molecule has 2 unspecified atom stereocenters. The topological polar surface area (TPSA) is 221 Å². The molecule has 0 radical (unpaired) electrons. The highest BCUT2D eigenvalue weighted by atomic mass is 32.2. The van der Waals surface area contributed by atoms with E-state index in [1.165, 1.54) is 11.2 Å². The van der Waals surface area contributed by atoms with Crippen LogP contribution in [0.1, 0.15) is 57.7 Å². The van der Waals surface area contributed by atoms with Crippen LogP contribution in [0.3, 0.4) is 0 Å². The van der Waals surface area contributed by atoms with Gasteiger partial charge in [0.2, 0.25) is 29.4 Å². The number of thiazole rings is 1. The Hall–Kier alpha value is -6.74. The second-order valence-electron chi connectivity index (χ2n) is 19.0. The molecule has 4 N–H and O–H groups in total. The molecule has 0 aliphatic carbocycles. The lowest BCUT2D eigenvalue weighted by Crippen LogP contribution is -2.63. The largest absolute Gasteiger partial charge is 0.380 e. The number of carbonyl (C=O) groups is 4. The van der Waals surface area contributed by atoms with Crippen LogP contribution in [-0.2, 0) is 40.3 Å². The van der Waals surface area contributed by atoms with Crippen LogP contribution in [0.5, 0.6) is 0 Å². The highest BCUT2D eigenvalue weighted by Gasteiger charge is 2.51. The third-order valence-electron chi connectivity index (χ3n) is 12.8. The molecule has 18 nitrogen and oxygen atoms in total. The molecule has 6 aromatic rings. The summed E-state index contributed by atoms with van der Waals surface area (Å²) in [5.74, 6) is -1.27. The van der Waals surface area contributed by atoms with Crippen LogP contribution in [0.4, 0.5) is 17.3 Å². The maximum Gasteiger partial charge on any atom is 0.273 e. The minimum Gasteiger partial charge on any atom is -0.380 e. The van der Waals surface area contributed by atoms with Gasteiger partial charge < -0.3 is 40.5 Å². The van der Waals surface area contributed by atoms with Crippen molar-refractivity contribution in [1.29, 1.82) is 0 Å². The molecular weight excluding hydrogens is 945 g/mol. The number of nitrogens with one attached hydrogen (secondary N) is 3. The van der Waals surface area contributed by atoms with Crippen LogP contribution in [-0.4, -0.2) is 130 Å². The highest BCUT2D eigenvalue weighted by Crippen LogP contribution is 2.32. The second kappa shape index (κ2) is 21.3. The fourth-order valence-electron chi connectivity index (χ4n) is 8.78. The van der Waals surface area contributed by atoms with E-state index in [-0.39, 0.29) is 56.4 Å². The average Bonchev–Trinajstić information content (AvgIpc) is 4.10. The van der Waals surface area contributed by atoms with Crippen LogP contribution >= 0.6 is 11.3 Å². The summed E-state index contributed by atoms with van der Waals surface area (Å²) < 4.78 is 31.3. The number of aromatic nitrogens is 4. The Labute approximate surface area is 417 Å². The summed E-state index contributed by atoms with van der Waals surface area (Å²) in [5, 5.41) is 25.2. The van der Waals surface area contributed by atoms with Gasteiger partial charge in [-0.05, 0) is 78.4 Å². The zero-order chi connectivity index (χ0) is 50.5. The van der Waals surface area contributed by atoms with Crippen molar-refractivity contribution < 1.29 is 37.4 Å². The second-order valence-corrected chi connectivity index (χ2v) is 21.9. The third-order valence-corrected chi connectivity index (χ3v) is 14.9. The van der Waals surface area contributed by atoms with E-state index in [2.05, 4.69) is 35.9 Å². The van der Waals surface area contributed by atoms with E-state index in [1.807, 2.05) is 99.3 Å². The standard InChI is InChI=1S/C51H60N10O8S2/c1-34-45(70-33-53-34)37-12-10-35(11-13-37)32-52-48(65)51(66)24-7-25-60(51)47(64)46(50(2,3)4)56-43(62)22-30-69-31-23-44(63)59-28-26-58(27-29-59)39-18-16-38(17-19-39)54-49-55-42-9-6-8-41(61(42)57-49)36-14-20-40(21-15-36)71(5,67)68/h6,8-21,33,46,66H,7,22-32H2,1-5H3,(H,52,65)(H,54,57)(H,56,62). The van der Waals surface area contributed by atoms with E-state index >= 15 is 0 Å². The van der Waals surface area contributed by atoms with Crippen molar-refractivity contribution in [3.63, 3.8) is 0 Å². The van der Waals surface area contributed by atoms with Crippen molar-refractivity contribution >= 4 is 67.8 Å². The number of hydrogen-bond donors (Lipinski definition) is 4. The molecule has 374 valence electrons. The molecule has 5 heterocycles. The number of carbonyl (C=O) groups excluding carboxylic acids is 4. The first-order valence-electron chi connectivity index (χ1n) is 23.6. The molecule has 3 aromatic heterocycles. The molecule has 8 rings (SSSR count). The number of ether oxygens (including phenoxy) is 1. The molecule has 20 heteroatoms. The van der Waals surface area contributed by atoms with Crippen LogP contribution < -0.4 is 20.9 Å². The summed E-state index contributed by atoms with van der Waals surface area (Å²) in [6.45, 7) is 10.3. The Kier molecular flexibility index (Phi) is 15.2. The van der Waals surface area contributed by atoms with Gasteiger partial charge in [-0.3, -0.25) is 19.2 Å². The van der Waals surface area contributed by atoms with Crippen molar-refractivity contribution in [3.05, 3.63) is 108 Å². The Balaban J connectivity index is 0.749. The fraction of sp³-hybridized carbons (Fsp3) is 0.392. The van der Waals surface area contributed by atoms with Crippen LogP contribution in [0.2, 0.25) is 0 Å². The lowest BCUT2D eigenvalue weighted by molar-refractivity contribution is -0.171. The molecule has 0 bridgehead atoms. The summed E-state index contributed by atoms with van der Waals surface area (Å²) in [6.07, 6.45) is 1.78. The predicted octanol–water partition coefficient (Wildman–Crippen LogP) is 5.58. The summed E-state index contributed by atoms with van der Waals surface area (Å²) in [6, 6.07) is 26.9. The first kappa shape index (κ1) is 50.6. The van der Waals surface area contributed by atoms with Gasteiger partial charge in [-0.2, -0.15) is 4.98 Å². The van der Waals surface area contributed by atoms with Gasteiger partial charge >= 0.3 is 0 Å². The first-order chi connectivity index (χ1) is 33.9. The summed E-state index contributed by atoms with van der Waals surface area (Å²) in [7, 11) is -3.31. The van der Waals surface area contributed by atoms with Crippen LogP contribution in [0.15, 0.2) is 101 Å². The van der Waals surface area contributed by atoms with Gasteiger partial charge in [-0.1, -0.05) is 63.2 Å². The van der Waals surface area contributed by atoms with E-state index in [0.717, 1.165) is 44.3 Å². The molecule has 2 aliphatic heterocycles. The molecule has 2 fully saturated rings. The number of aryl methyl sites for hydroxylation is 1. The van der Waals surface area contributed by atoms with E-state index in [1.54, 1.807) is 45.6 Å². The summed E-state index contributed by atoms with van der Waals surface area (Å²) in [5.41, 5.74) is 5.81. The number of rotatable bonds is 17. The number of sulfone groups is 1. The molecule has 3 aromatic carbocycles. The molecule has 2 atom stereocenters. The normalized spacial score (nSPS) is 16.8. The van der Waals surface area contributed by atoms with Gasteiger partial charge in [0.25, 0.3) is 5.91 Å². The van der Waals surface area contributed by atoms with Crippen molar-refractivity contribution in [2.45, 2.75) is 76.6 Å². The Bertz CT molecular complexity index is 2980. The number of amides is 4. The minimum absolute atomic E-state index is 0.0388. The van der Waals surface area contributed by atoms with E-state index in [0.29, 0.717) is 44.2 Å². The van der Waals surface area contributed by atoms with Crippen molar-refractivity contribution in [1.82, 2.24) is 40.0 Å². The number of likely N-dealkylation sites (tertiary alicyclic amines) is 1. The van der Waals surface area contributed by atoms with Crippen molar-refractivity contribution in [3.8, 4) is 21.7 Å². The number of benzene rings is 3. The molecule has 71 heavy (non-hydrogen) atoms. The fourth-order valence-corrected chi connectivity index (χ4v) is 10.2. The molecule has 4 amide bonds. The average molecular weight is 1010 g/mol. The number of anilines is 3. The quantitative estimate of drug-likeness (QED) is 0.0822. The monoisotopic (exact) mass is 1000 g/mol. The first-order valence-corrected chi connectivity index (χ1v) is 26.4. The Morgan fingerprint density at radius 1 is 0.873 bits per heavy atom. The molecule has 0 spiro atoms. The number of pyridine rings is 1. The van der Waals surface area contributed by atoms with Crippen LogP contribution in [0.25, 0.3) is 27.3 Å². The van der Waals surface area contributed by atoms with E-state index < -0.39 is 44.7 Å². The van der Waals surface area contributed by atoms with E-state index in [4.69, 9.17) is 4.74 Å². The minimum atomic E-state index is -3.31. The van der Waals surface area contributed by atoms with Gasteiger partial charge in [0, 0.05) is 75.3 Å².